The molecule has 0 radical (unpaired) electrons. The van der Waals surface area contributed by atoms with E-state index in [1.165, 1.54) is 25.9 Å². The molecule has 3 rings (SSSR count). The minimum Gasteiger partial charge on any atom is -0.351 e. The molecule has 0 bridgehead atoms. The van der Waals surface area contributed by atoms with E-state index in [1.54, 1.807) is 0 Å². The van der Waals surface area contributed by atoms with Gasteiger partial charge >= 0.3 is 0 Å². The monoisotopic (exact) mass is 265 g/mol. The average molecular weight is 265 g/mol. The van der Waals surface area contributed by atoms with Crippen LogP contribution >= 0.6 is 0 Å². The van der Waals surface area contributed by atoms with Crippen molar-refractivity contribution in [3.05, 3.63) is 0 Å². The Bertz CT molecular complexity index is 338. The van der Waals surface area contributed by atoms with Gasteiger partial charge in [0.05, 0.1) is 5.41 Å². The summed E-state index contributed by atoms with van der Waals surface area (Å²) in [5, 5.41) is 6.78. The lowest BCUT2D eigenvalue weighted by Crippen LogP contribution is -2.50. The molecule has 2 N–H and O–H groups in total. The van der Waals surface area contributed by atoms with Crippen molar-refractivity contribution >= 4 is 5.91 Å². The highest BCUT2D eigenvalue weighted by Crippen LogP contribution is 2.33. The van der Waals surface area contributed by atoms with Crippen LogP contribution in [0.2, 0.25) is 0 Å². The molecule has 3 aliphatic rings. The van der Waals surface area contributed by atoms with Crippen LogP contribution < -0.4 is 10.6 Å². The third-order valence-electron chi connectivity index (χ3n) is 5.38. The van der Waals surface area contributed by atoms with Crippen molar-refractivity contribution in [3.63, 3.8) is 0 Å². The lowest BCUT2D eigenvalue weighted by Gasteiger charge is -2.30. The molecule has 0 aromatic rings. The van der Waals surface area contributed by atoms with Gasteiger partial charge in [-0.15, -0.1) is 0 Å². The van der Waals surface area contributed by atoms with E-state index in [0.29, 0.717) is 18.0 Å². The molecule has 19 heavy (non-hydrogen) atoms. The predicted molar refractivity (Wildman–Crippen MR) is 76.0 cm³/mol. The number of hydrogen-bond donors (Lipinski definition) is 2. The van der Waals surface area contributed by atoms with Gasteiger partial charge in [-0.1, -0.05) is 13.3 Å². The van der Waals surface area contributed by atoms with E-state index in [0.717, 1.165) is 38.8 Å². The van der Waals surface area contributed by atoms with E-state index in [1.807, 2.05) is 0 Å². The average Bonchev–Trinajstić information content (AvgIpc) is 3.07. The molecule has 1 amide bonds. The van der Waals surface area contributed by atoms with Crippen molar-refractivity contribution < 1.29 is 4.79 Å². The molecule has 4 heteroatoms. The Kier molecular flexibility index (Phi) is 3.81. The summed E-state index contributed by atoms with van der Waals surface area (Å²) in [5.74, 6) is 0.318. The fourth-order valence-electron chi connectivity index (χ4n) is 4.32. The Hall–Kier alpha value is -0.610. The maximum absolute atomic E-state index is 12.7. The molecule has 108 valence electrons. The fraction of sp³-hybridized carbons (Fsp3) is 0.933. The summed E-state index contributed by atoms with van der Waals surface area (Å²) in [6.07, 6.45) is 6.84. The molecule has 4 nitrogen and oxygen atoms in total. The van der Waals surface area contributed by atoms with Crippen LogP contribution in [0.4, 0.5) is 0 Å². The van der Waals surface area contributed by atoms with Crippen LogP contribution in [0.3, 0.4) is 0 Å². The first-order valence-corrected chi connectivity index (χ1v) is 8.01. The topological polar surface area (TPSA) is 44.4 Å². The maximum atomic E-state index is 12.7. The molecule has 3 atom stereocenters. The highest BCUT2D eigenvalue weighted by molar-refractivity contribution is 5.83. The van der Waals surface area contributed by atoms with Gasteiger partial charge in [0.25, 0.3) is 0 Å². The van der Waals surface area contributed by atoms with Crippen LogP contribution in [0.1, 0.15) is 45.4 Å². The Balaban J connectivity index is 1.63. The summed E-state index contributed by atoms with van der Waals surface area (Å²) in [7, 11) is 0. The zero-order valence-electron chi connectivity index (χ0n) is 12.1. The molecule has 3 heterocycles. The Morgan fingerprint density at radius 3 is 3.05 bits per heavy atom. The van der Waals surface area contributed by atoms with Gasteiger partial charge in [-0.25, -0.2) is 0 Å². The highest BCUT2D eigenvalue weighted by atomic mass is 16.2. The minimum atomic E-state index is -0.124. The molecule has 0 aromatic heterocycles. The zero-order valence-corrected chi connectivity index (χ0v) is 12.1. The number of nitrogens with zero attached hydrogens (tertiary/aromatic N) is 1. The number of hydrogen-bond acceptors (Lipinski definition) is 3. The van der Waals surface area contributed by atoms with Crippen molar-refractivity contribution in [1.82, 2.24) is 15.5 Å². The van der Waals surface area contributed by atoms with E-state index >= 15 is 0 Å². The molecule has 0 aromatic carbocycles. The van der Waals surface area contributed by atoms with Crippen LogP contribution in [0.25, 0.3) is 0 Å². The third-order valence-corrected chi connectivity index (χ3v) is 5.38. The summed E-state index contributed by atoms with van der Waals surface area (Å²) in [6.45, 7) is 6.45. The summed E-state index contributed by atoms with van der Waals surface area (Å²) in [5.41, 5.74) is -0.124. The standard InChI is InChI=1S/C15H27N3O/c1-2-6-15(7-8-16-11-15)14(19)17-12-5-10-18-9-3-4-13(12)18/h12-13,16H,2-11H2,1H3,(H,17,19). The lowest BCUT2D eigenvalue weighted by molar-refractivity contribution is -0.131. The van der Waals surface area contributed by atoms with Gasteiger partial charge in [0.1, 0.15) is 0 Å². The van der Waals surface area contributed by atoms with Gasteiger partial charge in [0, 0.05) is 25.2 Å². The summed E-state index contributed by atoms with van der Waals surface area (Å²) < 4.78 is 0. The zero-order chi connectivity index (χ0) is 13.3. The fourth-order valence-corrected chi connectivity index (χ4v) is 4.32. The second-order valence-electron chi connectivity index (χ2n) is 6.57. The van der Waals surface area contributed by atoms with Crippen molar-refractivity contribution in [2.24, 2.45) is 5.41 Å². The normalized spacial score (nSPS) is 38.6. The van der Waals surface area contributed by atoms with Gasteiger partial charge in [-0.2, -0.15) is 0 Å². The number of fused-ring (bicyclic) bond motifs is 1. The highest BCUT2D eigenvalue weighted by Gasteiger charge is 2.44. The van der Waals surface area contributed by atoms with Gasteiger partial charge in [0.2, 0.25) is 5.91 Å². The smallest absolute Gasteiger partial charge is 0.227 e. The lowest BCUT2D eigenvalue weighted by atomic mass is 9.81. The Morgan fingerprint density at radius 2 is 2.32 bits per heavy atom. The number of nitrogens with one attached hydrogen (secondary N) is 2. The Labute approximate surface area is 116 Å². The van der Waals surface area contributed by atoms with Crippen LogP contribution in [0, 0.1) is 5.41 Å². The van der Waals surface area contributed by atoms with E-state index < -0.39 is 0 Å². The van der Waals surface area contributed by atoms with Crippen LogP contribution in [0.15, 0.2) is 0 Å². The van der Waals surface area contributed by atoms with Crippen molar-refractivity contribution in [2.45, 2.75) is 57.5 Å². The maximum Gasteiger partial charge on any atom is 0.227 e. The molecule has 3 aliphatic heterocycles. The first-order chi connectivity index (χ1) is 9.25. The molecule has 3 unspecified atom stereocenters. The largest absolute Gasteiger partial charge is 0.351 e. The second-order valence-corrected chi connectivity index (χ2v) is 6.57. The molecule has 3 fully saturated rings. The van der Waals surface area contributed by atoms with Gasteiger partial charge in [0.15, 0.2) is 0 Å². The molecular formula is C15H27N3O. The quantitative estimate of drug-likeness (QED) is 0.800. The first kappa shape index (κ1) is 13.4. The molecule has 0 spiro atoms. The summed E-state index contributed by atoms with van der Waals surface area (Å²) >= 11 is 0. The summed E-state index contributed by atoms with van der Waals surface area (Å²) in [6, 6.07) is 1.03. The van der Waals surface area contributed by atoms with Crippen LogP contribution in [-0.2, 0) is 4.79 Å². The predicted octanol–water partition coefficient (Wildman–Crippen LogP) is 1.12. The van der Waals surface area contributed by atoms with E-state index in [9.17, 15) is 4.79 Å². The SMILES string of the molecule is CCCC1(C(=O)NC2CCN3CCCC23)CCNC1. The molecule has 3 saturated heterocycles. The number of amides is 1. The minimum absolute atomic E-state index is 0.124. The number of carbonyl (C=O) groups excluding carboxylic acids is 1. The summed E-state index contributed by atoms with van der Waals surface area (Å²) in [4.78, 5) is 15.3. The van der Waals surface area contributed by atoms with Gasteiger partial charge < -0.3 is 10.6 Å². The first-order valence-electron chi connectivity index (χ1n) is 8.01. The molecule has 0 aliphatic carbocycles. The third kappa shape index (κ3) is 2.40. The van der Waals surface area contributed by atoms with Crippen molar-refractivity contribution in [1.29, 1.82) is 0 Å². The van der Waals surface area contributed by atoms with Crippen LogP contribution in [-0.4, -0.2) is 49.1 Å². The van der Waals surface area contributed by atoms with E-state index in [4.69, 9.17) is 0 Å². The van der Waals surface area contributed by atoms with Crippen molar-refractivity contribution in [2.75, 3.05) is 26.2 Å². The van der Waals surface area contributed by atoms with Gasteiger partial charge in [-0.05, 0) is 45.2 Å². The van der Waals surface area contributed by atoms with Gasteiger partial charge in [-0.3, -0.25) is 9.69 Å². The molecular weight excluding hydrogens is 238 g/mol. The van der Waals surface area contributed by atoms with E-state index in [2.05, 4.69) is 22.5 Å². The number of carbonyl (C=O) groups is 1. The van der Waals surface area contributed by atoms with Crippen molar-refractivity contribution in [3.8, 4) is 0 Å². The van der Waals surface area contributed by atoms with E-state index in [-0.39, 0.29) is 5.41 Å². The second kappa shape index (κ2) is 5.41. The Morgan fingerprint density at radius 1 is 1.42 bits per heavy atom. The molecule has 0 saturated carbocycles. The van der Waals surface area contributed by atoms with Crippen LogP contribution in [0.5, 0.6) is 0 Å². The number of rotatable bonds is 4.